The van der Waals surface area contributed by atoms with Crippen LogP contribution in [0.25, 0.3) is 0 Å². The van der Waals surface area contributed by atoms with Crippen molar-refractivity contribution in [3.8, 4) is 0 Å². The summed E-state index contributed by atoms with van der Waals surface area (Å²) in [6.45, 7) is 4.02. The molecule has 0 aromatic heterocycles. The van der Waals surface area contributed by atoms with E-state index in [-0.39, 0.29) is 19.3 Å². The number of hydrogen-bond donors (Lipinski definition) is 0. The highest BCUT2D eigenvalue weighted by Crippen LogP contribution is 2.23. The molecule has 0 spiro atoms. The van der Waals surface area contributed by atoms with E-state index >= 15 is 0 Å². The maximum atomic E-state index is 12.0. The number of esters is 2. The molecule has 1 aliphatic rings. The zero-order valence-electron chi connectivity index (χ0n) is 12.2. The molecule has 1 rings (SSSR count). The third-order valence-electron chi connectivity index (χ3n) is 3.58. The molecule has 1 aliphatic carbocycles. The third-order valence-corrected chi connectivity index (χ3v) is 3.58. The van der Waals surface area contributed by atoms with Crippen LogP contribution >= 0.6 is 0 Å². The summed E-state index contributed by atoms with van der Waals surface area (Å²) in [5.74, 6) is -1.01. The molecule has 0 bridgehead atoms. The molecule has 0 atom stereocenters. The van der Waals surface area contributed by atoms with E-state index in [1.54, 1.807) is 13.8 Å². The number of rotatable bonds is 6. The number of hydrogen-bond acceptors (Lipinski definition) is 5. The lowest BCUT2D eigenvalue weighted by Crippen LogP contribution is -2.51. The SMILES string of the molecule is CCOC(=O)C(C(=O)OCC)N(C)C1CCCCC1. The Hall–Kier alpha value is -1.10. The van der Waals surface area contributed by atoms with Crippen LogP contribution in [-0.4, -0.2) is 49.2 Å². The van der Waals surface area contributed by atoms with Gasteiger partial charge in [0.2, 0.25) is 6.04 Å². The lowest BCUT2D eigenvalue weighted by Gasteiger charge is -2.34. The van der Waals surface area contributed by atoms with E-state index in [1.165, 1.54) is 6.42 Å². The van der Waals surface area contributed by atoms with Crippen molar-refractivity contribution in [1.82, 2.24) is 4.90 Å². The Morgan fingerprint density at radius 1 is 1.05 bits per heavy atom. The van der Waals surface area contributed by atoms with Crippen LogP contribution in [0, 0.1) is 0 Å². The van der Waals surface area contributed by atoms with Crippen LogP contribution in [0.5, 0.6) is 0 Å². The lowest BCUT2D eigenvalue weighted by molar-refractivity contribution is -0.164. The second-order valence-corrected chi connectivity index (χ2v) is 4.86. The van der Waals surface area contributed by atoms with E-state index in [1.807, 2.05) is 11.9 Å². The van der Waals surface area contributed by atoms with Crippen LogP contribution in [0.4, 0.5) is 0 Å². The summed E-state index contributed by atoms with van der Waals surface area (Å²) in [5, 5.41) is 0. The molecule has 19 heavy (non-hydrogen) atoms. The maximum absolute atomic E-state index is 12.0. The quantitative estimate of drug-likeness (QED) is 0.544. The largest absolute Gasteiger partial charge is 0.464 e. The van der Waals surface area contributed by atoms with Crippen molar-refractivity contribution < 1.29 is 19.1 Å². The summed E-state index contributed by atoms with van der Waals surface area (Å²) in [5.41, 5.74) is 0. The second-order valence-electron chi connectivity index (χ2n) is 4.86. The maximum Gasteiger partial charge on any atom is 0.335 e. The Morgan fingerprint density at radius 2 is 1.53 bits per heavy atom. The number of nitrogens with zero attached hydrogens (tertiary/aromatic N) is 1. The van der Waals surface area contributed by atoms with Gasteiger partial charge in [0.1, 0.15) is 0 Å². The molecule has 1 fully saturated rings. The Balaban J connectivity index is 2.75. The van der Waals surface area contributed by atoms with E-state index < -0.39 is 18.0 Å². The fourth-order valence-corrected chi connectivity index (χ4v) is 2.57. The van der Waals surface area contributed by atoms with E-state index in [9.17, 15) is 9.59 Å². The number of carbonyl (C=O) groups is 2. The van der Waals surface area contributed by atoms with Gasteiger partial charge in [-0.3, -0.25) is 4.90 Å². The topological polar surface area (TPSA) is 55.8 Å². The normalized spacial score (nSPS) is 16.7. The lowest BCUT2D eigenvalue weighted by atomic mass is 9.93. The Labute approximate surface area is 115 Å². The van der Waals surface area contributed by atoms with Crippen molar-refractivity contribution >= 4 is 11.9 Å². The Kier molecular flexibility index (Phi) is 6.84. The van der Waals surface area contributed by atoms with Crippen LogP contribution in [0.15, 0.2) is 0 Å². The van der Waals surface area contributed by atoms with Gasteiger partial charge in [0, 0.05) is 6.04 Å². The standard InChI is InChI=1S/C14H25NO4/c1-4-18-13(16)12(14(17)19-5-2)15(3)11-9-7-6-8-10-11/h11-12H,4-10H2,1-3H3. The number of likely N-dealkylation sites (N-methyl/N-ethyl adjacent to an activating group) is 1. The highest BCUT2D eigenvalue weighted by molar-refractivity contribution is 5.99. The van der Waals surface area contributed by atoms with Crippen molar-refractivity contribution in [3.05, 3.63) is 0 Å². The number of ether oxygens (including phenoxy) is 2. The van der Waals surface area contributed by atoms with E-state index in [4.69, 9.17) is 9.47 Å². The molecular formula is C14H25NO4. The van der Waals surface area contributed by atoms with Gasteiger partial charge < -0.3 is 9.47 Å². The molecule has 0 heterocycles. The van der Waals surface area contributed by atoms with Crippen molar-refractivity contribution in [1.29, 1.82) is 0 Å². The predicted octanol–water partition coefficient (Wildman–Crippen LogP) is 1.75. The fraction of sp³-hybridized carbons (Fsp3) is 0.857. The van der Waals surface area contributed by atoms with Crippen molar-refractivity contribution in [2.45, 2.75) is 58.0 Å². The van der Waals surface area contributed by atoms with Gasteiger partial charge >= 0.3 is 11.9 Å². The minimum Gasteiger partial charge on any atom is -0.464 e. The molecule has 5 nitrogen and oxygen atoms in total. The molecule has 0 saturated heterocycles. The summed E-state index contributed by atoms with van der Waals surface area (Å²) < 4.78 is 10.0. The Morgan fingerprint density at radius 3 is 1.95 bits per heavy atom. The minimum atomic E-state index is -0.928. The van der Waals surface area contributed by atoms with Crippen molar-refractivity contribution in [2.75, 3.05) is 20.3 Å². The molecule has 0 aliphatic heterocycles. The van der Waals surface area contributed by atoms with Gasteiger partial charge in [0.25, 0.3) is 0 Å². The average molecular weight is 271 g/mol. The summed E-state index contributed by atoms with van der Waals surface area (Å²) in [7, 11) is 1.81. The molecule has 110 valence electrons. The van der Waals surface area contributed by atoms with Gasteiger partial charge in [0.15, 0.2) is 0 Å². The van der Waals surface area contributed by atoms with Gasteiger partial charge in [-0.15, -0.1) is 0 Å². The van der Waals surface area contributed by atoms with E-state index in [2.05, 4.69) is 0 Å². The first kappa shape index (κ1) is 16.0. The van der Waals surface area contributed by atoms with Gasteiger partial charge in [0.05, 0.1) is 13.2 Å². The molecule has 0 N–H and O–H groups in total. The molecule has 0 radical (unpaired) electrons. The molecule has 0 unspecified atom stereocenters. The highest BCUT2D eigenvalue weighted by Gasteiger charge is 2.37. The zero-order valence-corrected chi connectivity index (χ0v) is 12.2. The first-order valence-electron chi connectivity index (χ1n) is 7.17. The average Bonchev–Trinajstić information content (AvgIpc) is 2.40. The molecule has 1 saturated carbocycles. The highest BCUT2D eigenvalue weighted by atomic mass is 16.6. The smallest absolute Gasteiger partial charge is 0.335 e. The van der Waals surface area contributed by atoms with Crippen LogP contribution < -0.4 is 0 Å². The summed E-state index contributed by atoms with van der Waals surface area (Å²) in [4.78, 5) is 25.8. The molecule has 0 aromatic rings. The summed E-state index contributed by atoms with van der Waals surface area (Å²) >= 11 is 0. The van der Waals surface area contributed by atoms with Gasteiger partial charge in [-0.05, 0) is 33.7 Å². The molecule has 0 aromatic carbocycles. The van der Waals surface area contributed by atoms with Gasteiger partial charge in [-0.25, -0.2) is 9.59 Å². The van der Waals surface area contributed by atoms with E-state index in [0.717, 1.165) is 25.7 Å². The van der Waals surface area contributed by atoms with Crippen molar-refractivity contribution in [2.24, 2.45) is 0 Å². The van der Waals surface area contributed by atoms with Crippen LogP contribution in [-0.2, 0) is 19.1 Å². The van der Waals surface area contributed by atoms with Crippen molar-refractivity contribution in [3.63, 3.8) is 0 Å². The monoisotopic (exact) mass is 271 g/mol. The minimum absolute atomic E-state index is 0.257. The molecule has 0 amide bonds. The molecular weight excluding hydrogens is 246 g/mol. The zero-order chi connectivity index (χ0) is 14.3. The summed E-state index contributed by atoms with van der Waals surface area (Å²) in [6.07, 6.45) is 5.56. The number of carbonyl (C=O) groups excluding carboxylic acids is 2. The third kappa shape index (κ3) is 4.49. The summed E-state index contributed by atoms with van der Waals surface area (Å²) in [6, 6.07) is -0.671. The molecule has 5 heteroatoms. The fourth-order valence-electron chi connectivity index (χ4n) is 2.57. The van der Waals surface area contributed by atoms with E-state index in [0.29, 0.717) is 0 Å². The van der Waals surface area contributed by atoms with Crippen LogP contribution in [0.1, 0.15) is 46.0 Å². The van der Waals surface area contributed by atoms with Crippen LogP contribution in [0.3, 0.4) is 0 Å². The predicted molar refractivity (Wildman–Crippen MR) is 71.7 cm³/mol. The Bertz CT molecular complexity index is 282. The van der Waals surface area contributed by atoms with Gasteiger partial charge in [-0.1, -0.05) is 19.3 Å². The first-order valence-corrected chi connectivity index (χ1v) is 7.17. The second kappa shape index (κ2) is 8.15. The first-order chi connectivity index (χ1) is 9.11. The van der Waals surface area contributed by atoms with Crippen LogP contribution in [0.2, 0.25) is 0 Å². The van der Waals surface area contributed by atoms with Gasteiger partial charge in [-0.2, -0.15) is 0 Å².